The fourth-order valence-electron chi connectivity index (χ4n) is 3.80. The average molecular weight is 496 g/mol. The van der Waals surface area contributed by atoms with E-state index in [4.69, 9.17) is 4.99 Å². The Bertz CT molecular complexity index is 1210. The predicted molar refractivity (Wildman–Crippen MR) is 125 cm³/mol. The van der Waals surface area contributed by atoms with Crippen molar-refractivity contribution in [2.24, 2.45) is 4.99 Å². The number of amides is 1. The number of rotatable bonds is 3. The van der Waals surface area contributed by atoms with E-state index >= 15 is 0 Å². The molecule has 0 saturated carbocycles. The summed E-state index contributed by atoms with van der Waals surface area (Å²) in [7, 11) is 0. The summed E-state index contributed by atoms with van der Waals surface area (Å²) in [5.41, 5.74) is 6.77. The summed E-state index contributed by atoms with van der Waals surface area (Å²) in [6.45, 7) is 1.75. The van der Waals surface area contributed by atoms with E-state index in [9.17, 15) is 9.18 Å². The number of nitrogens with zero attached hydrogens (tertiary/aromatic N) is 2. The molecular formula is C24H19BrFN3OS. The van der Waals surface area contributed by atoms with E-state index in [1.807, 2.05) is 41.4 Å². The van der Waals surface area contributed by atoms with Crippen LogP contribution in [0.15, 0.2) is 79.9 Å². The number of nitrogens with one attached hydrogen (secondary N) is 1. The molecule has 156 valence electrons. The Morgan fingerprint density at radius 2 is 1.87 bits per heavy atom. The average Bonchev–Trinajstić information content (AvgIpc) is 3.20. The number of aliphatic imine (C=N–C) groups is 1. The standard InChI is InChI=1S/C24H19BrFN3OS/c25-17-5-3-4-15(12-17)23-19-8-7-18(26)14-22(19)31-21-9-6-16(13-20(21)27-23)24(30)28-29-10-1-2-11-29/h3-9,12-14H,1-2,10-11H2,(H,28,30). The van der Waals surface area contributed by atoms with Gasteiger partial charge in [0.2, 0.25) is 0 Å². The molecule has 7 heteroatoms. The minimum absolute atomic E-state index is 0.137. The van der Waals surface area contributed by atoms with Crippen LogP contribution in [0.3, 0.4) is 0 Å². The molecule has 0 atom stereocenters. The normalized spacial score (nSPS) is 15.6. The van der Waals surface area contributed by atoms with Gasteiger partial charge >= 0.3 is 0 Å². The maximum absolute atomic E-state index is 14.0. The van der Waals surface area contributed by atoms with Gasteiger partial charge in [-0.15, -0.1) is 0 Å². The monoisotopic (exact) mass is 495 g/mol. The number of hydrazine groups is 1. The molecule has 2 aliphatic heterocycles. The molecule has 3 aromatic carbocycles. The van der Waals surface area contributed by atoms with Gasteiger partial charge in [-0.1, -0.05) is 39.8 Å². The molecule has 0 aromatic heterocycles. The van der Waals surface area contributed by atoms with Crippen LogP contribution in [-0.4, -0.2) is 29.7 Å². The van der Waals surface area contributed by atoms with Gasteiger partial charge in [-0.2, -0.15) is 0 Å². The van der Waals surface area contributed by atoms with Crippen LogP contribution in [0.2, 0.25) is 0 Å². The van der Waals surface area contributed by atoms with Gasteiger partial charge in [0.15, 0.2) is 0 Å². The minimum Gasteiger partial charge on any atom is -0.285 e. The lowest BCUT2D eigenvalue weighted by Gasteiger charge is -2.16. The summed E-state index contributed by atoms with van der Waals surface area (Å²) < 4.78 is 15.0. The highest BCUT2D eigenvalue weighted by Gasteiger charge is 2.22. The second-order valence-electron chi connectivity index (χ2n) is 7.53. The third-order valence-electron chi connectivity index (χ3n) is 5.34. The van der Waals surface area contributed by atoms with Crippen LogP contribution in [0.4, 0.5) is 10.1 Å². The molecule has 1 fully saturated rings. The van der Waals surface area contributed by atoms with Crippen LogP contribution in [0.5, 0.6) is 0 Å². The van der Waals surface area contributed by atoms with Crippen molar-refractivity contribution in [2.45, 2.75) is 22.6 Å². The maximum Gasteiger partial charge on any atom is 0.265 e. The Morgan fingerprint density at radius 1 is 1.03 bits per heavy atom. The first-order valence-electron chi connectivity index (χ1n) is 10.1. The Kier molecular flexibility index (Phi) is 5.65. The molecular weight excluding hydrogens is 477 g/mol. The van der Waals surface area contributed by atoms with Gasteiger partial charge in [-0.25, -0.2) is 14.4 Å². The first kappa shape index (κ1) is 20.4. The molecule has 1 saturated heterocycles. The molecule has 0 spiro atoms. The van der Waals surface area contributed by atoms with Crippen molar-refractivity contribution in [2.75, 3.05) is 13.1 Å². The highest BCUT2D eigenvalue weighted by atomic mass is 79.9. The molecule has 1 amide bonds. The topological polar surface area (TPSA) is 44.7 Å². The second kappa shape index (κ2) is 8.57. The lowest BCUT2D eigenvalue weighted by Crippen LogP contribution is -2.39. The van der Waals surface area contributed by atoms with Gasteiger partial charge in [0.05, 0.1) is 11.4 Å². The van der Waals surface area contributed by atoms with Crippen LogP contribution in [0.1, 0.15) is 34.3 Å². The van der Waals surface area contributed by atoms with Crippen molar-refractivity contribution in [3.63, 3.8) is 0 Å². The lowest BCUT2D eigenvalue weighted by molar-refractivity contribution is 0.0826. The molecule has 4 nitrogen and oxygen atoms in total. The smallest absolute Gasteiger partial charge is 0.265 e. The lowest BCUT2D eigenvalue weighted by atomic mass is 10.0. The number of carbonyl (C=O) groups is 1. The van der Waals surface area contributed by atoms with Crippen molar-refractivity contribution in [3.8, 4) is 0 Å². The zero-order valence-corrected chi connectivity index (χ0v) is 19.0. The molecule has 5 rings (SSSR count). The molecule has 0 unspecified atom stereocenters. The number of carbonyl (C=O) groups excluding carboxylic acids is 1. The summed E-state index contributed by atoms with van der Waals surface area (Å²) in [5, 5.41) is 1.96. The van der Waals surface area contributed by atoms with Crippen LogP contribution in [0, 0.1) is 5.82 Å². The molecule has 31 heavy (non-hydrogen) atoms. The van der Waals surface area contributed by atoms with Gasteiger partial charge in [0.25, 0.3) is 5.91 Å². The molecule has 1 N–H and O–H groups in total. The first-order valence-corrected chi connectivity index (χ1v) is 11.7. The summed E-state index contributed by atoms with van der Waals surface area (Å²) in [6, 6.07) is 18.1. The summed E-state index contributed by atoms with van der Waals surface area (Å²) in [5.74, 6) is -0.424. The summed E-state index contributed by atoms with van der Waals surface area (Å²) in [4.78, 5) is 19.4. The Hall–Kier alpha value is -2.48. The molecule has 0 aliphatic carbocycles. The summed E-state index contributed by atoms with van der Waals surface area (Å²) >= 11 is 4.99. The third kappa shape index (κ3) is 4.31. The Morgan fingerprint density at radius 3 is 2.68 bits per heavy atom. The quantitative estimate of drug-likeness (QED) is 0.381. The molecule has 0 bridgehead atoms. The summed E-state index contributed by atoms with van der Waals surface area (Å²) in [6.07, 6.45) is 2.19. The Balaban J connectivity index is 1.59. The van der Waals surface area contributed by atoms with Crippen LogP contribution >= 0.6 is 27.7 Å². The second-order valence-corrected chi connectivity index (χ2v) is 9.53. The van der Waals surface area contributed by atoms with Gasteiger partial charge in [0, 0.05) is 44.0 Å². The van der Waals surface area contributed by atoms with Gasteiger partial charge in [0.1, 0.15) is 5.82 Å². The maximum atomic E-state index is 14.0. The van der Waals surface area contributed by atoms with Gasteiger partial charge in [-0.3, -0.25) is 10.2 Å². The number of fused-ring (bicyclic) bond motifs is 2. The number of benzene rings is 3. The van der Waals surface area contributed by atoms with E-state index in [1.54, 1.807) is 12.1 Å². The number of halogens is 2. The molecule has 2 aliphatic rings. The van der Waals surface area contributed by atoms with Crippen molar-refractivity contribution < 1.29 is 9.18 Å². The predicted octanol–water partition coefficient (Wildman–Crippen LogP) is 5.96. The van der Waals surface area contributed by atoms with E-state index < -0.39 is 0 Å². The van der Waals surface area contributed by atoms with Crippen molar-refractivity contribution in [3.05, 3.63) is 87.6 Å². The zero-order valence-electron chi connectivity index (χ0n) is 16.6. The SMILES string of the molecule is O=C(NN1CCCC1)c1ccc2c(c1)N=C(c1cccc(Br)c1)c1ccc(F)cc1S2. The van der Waals surface area contributed by atoms with Crippen LogP contribution in [-0.2, 0) is 0 Å². The van der Waals surface area contributed by atoms with Crippen LogP contribution < -0.4 is 5.43 Å². The van der Waals surface area contributed by atoms with Gasteiger partial charge in [-0.05, 0) is 61.4 Å². The van der Waals surface area contributed by atoms with E-state index in [-0.39, 0.29) is 11.7 Å². The van der Waals surface area contributed by atoms with E-state index in [0.717, 1.165) is 57.0 Å². The van der Waals surface area contributed by atoms with Crippen molar-refractivity contribution >= 4 is 45.0 Å². The van der Waals surface area contributed by atoms with E-state index in [1.165, 1.54) is 23.9 Å². The number of hydrogen-bond acceptors (Lipinski definition) is 4. The van der Waals surface area contributed by atoms with E-state index in [0.29, 0.717) is 11.3 Å². The van der Waals surface area contributed by atoms with Gasteiger partial charge < -0.3 is 0 Å². The fraction of sp³-hybridized carbons (Fsp3) is 0.167. The number of hydrogen-bond donors (Lipinski definition) is 1. The minimum atomic E-state index is -0.287. The molecule has 2 heterocycles. The first-order chi connectivity index (χ1) is 15.1. The van der Waals surface area contributed by atoms with E-state index in [2.05, 4.69) is 21.4 Å². The highest BCUT2D eigenvalue weighted by molar-refractivity contribution is 9.10. The molecule has 3 aromatic rings. The van der Waals surface area contributed by atoms with Crippen LogP contribution in [0.25, 0.3) is 0 Å². The fourth-order valence-corrected chi connectivity index (χ4v) is 5.23. The highest BCUT2D eigenvalue weighted by Crippen LogP contribution is 2.42. The largest absolute Gasteiger partial charge is 0.285 e. The molecule has 0 radical (unpaired) electrons. The van der Waals surface area contributed by atoms with Crippen molar-refractivity contribution in [1.82, 2.24) is 10.4 Å². The third-order valence-corrected chi connectivity index (χ3v) is 6.95. The Labute approximate surface area is 192 Å². The zero-order chi connectivity index (χ0) is 21.4. The van der Waals surface area contributed by atoms with Crippen molar-refractivity contribution in [1.29, 1.82) is 0 Å².